The summed E-state index contributed by atoms with van der Waals surface area (Å²) in [4.78, 5) is 10.8. The highest BCUT2D eigenvalue weighted by Crippen LogP contribution is 2.61. The molecule has 2 aliphatic carbocycles. The number of carboxylic acid groups (broad SMARTS) is 1. The Hall–Kier alpha value is -1.05. The average Bonchev–Trinajstić information content (AvgIpc) is 2.35. The topological polar surface area (TPSA) is 37.3 Å². The van der Waals surface area contributed by atoms with E-state index >= 15 is 0 Å². The molecule has 2 heteroatoms. The molecular weight excluding hydrogens is 272 g/mol. The fraction of sp³-hybridized carbons (Fsp3) is 0.750. The van der Waals surface area contributed by atoms with Gasteiger partial charge in [0, 0.05) is 6.08 Å². The van der Waals surface area contributed by atoms with Gasteiger partial charge in [0.2, 0.25) is 0 Å². The quantitative estimate of drug-likeness (QED) is 0.542. The molecule has 0 aromatic heterocycles. The summed E-state index contributed by atoms with van der Waals surface area (Å²) in [5.74, 6) is 0.485. The minimum absolute atomic E-state index is 0.348. The third-order valence-corrected chi connectivity index (χ3v) is 6.52. The van der Waals surface area contributed by atoms with Crippen molar-refractivity contribution in [2.75, 3.05) is 0 Å². The first-order valence-corrected chi connectivity index (χ1v) is 8.74. The molecular formula is C20H32O2. The van der Waals surface area contributed by atoms with Crippen LogP contribution in [0.2, 0.25) is 0 Å². The summed E-state index contributed by atoms with van der Waals surface area (Å²) in [6.45, 7) is 13.7. The van der Waals surface area contributed by atoms with Crippen molar-refractivity contribution in [2.45, 2.75) is 72.6 Å². The molecule has 3 atom stereocenters. The number of allylic oxidation sites excluding steroid dienone is 2. The Morgan fingerprint density at radius 2 is 2.05 bits per heavy atom. The van der Waals surface area contributed by atoms with Crippen molar-refractivity contribution >= 4 is 5.97 Å². The van der Waals surface area contributed by atoms with Crippen LogP contribution < -0.4 is 0 Å². The summed E-state index contributed by atoms with van der Waals surface area (Å²) >= 11 is 0. The van der Waals surface area contributed by atoms with Gasteiger partial charge in [-0.2, -0.15) is 0 Å². The molecule has 0 aliphatic heterocycles. The first-order valence-electron chi connectivity index (χ1n) is 8.74. The average molecular weight is 304 g/mol. The van der Waals surface area contributed by atoms with Gasteiger partial charge in [0.25, 0.3) is 0 Å². The van der Waals surface area contributed by atoms with E-state index in [1.807, 2.05) is 6.92 Å². The standard InChI is InChI=1S/C20H32O2/c1-14(13-18(21)22)7-9-16-15(2)8-10-17-19(3,4)11-6-12-20(16,17)5/h13,16-17H,2,6-12H2,1,3-5H3,(H,21,22)/b14-13-/t16-,17-,20-/m1/s1. The van der Waals surface area contributed by atoms with Crippen LogP contribution in [0, 0.1) is 22.7 Å². The van der Waals surface area contributed by atoms with Crippen LogP contribution in [0.5, 0.6) is 0 Å². The molecule has 2 nitrogen and oxygen atoms in total. The molecule has 2 fully saturated rings. The zero-order chi connectivity index (χ0) is 16.5. The number of carbonyl (C=O) groups is 1. The number of carboxylic acids is 1. The van der Waals surface area contributed by atoms with E-state index in [4.69, 9.17) is 5.11 Å². The molecule has 0 saturated heterocycles. The van der Waals surface area contributed by atoms with Crippen LogP contribution in [0.15, 0.2) is 23.8 Å². The van der Waals surface area contributed by atoms with Gasteiger partial charge >= 0.3 is 5.97 Å². The summed E-state index contributed by atoms with van der Waals surface area (Å²) in [5, 5.41) is 8.89. The van der Waals surface area contributed by atoms with Gasteiger partial charge in [-0.15, -0.1) is 0 Å². The van der Waals surface area contributed by atoms with E-state index in [1.54, 1.807) is 0 Å². The van der Waals surface area contributed by atoms with Crippen LogP contribution in [0.25, 0.3) is 0 Å². The maximum atomic E-state index is 10.8. The van der Waals surface area contributed by atoms with E-state index in [9.17, 15) is 4.79 Å². The van der Waals surface area contributed by atoms with Gasteiger partial charge in [0.1, 0.15) is 0 Å². The van der Waals surface area contributed by atoms with Crippen LogP contribution in [-0.2, 0) is 4.79 Å². The summed E-state index contributed by atoms with van der Waals surface area (Å²) in [6.07, 6.45) is 9.66. The normalized spacial score (nSPS) is 35.1. The van der Waals surface area contributed by atoms with Gasteiger partial charge in [0.15, 0.2) is 0 Å². The van der Waals surface area contributed by atoms with Crippen LogP contribution >= 0.6 is 0 Å². The molecule has 0 unspecified atom stereocenters. The molecule has 0 amide bonds. The second-order valence-corrected chi connectivity index (χ2v) is 8.52. The Kier molecular flexibility index (Phi) is 4.89. The second kappa shape index (κ2) is 6.22. The molecule has 22 heavy (non-hydrogen) atoms. The zero-order valence-corrected chi connectivity index (χ0v) is 14.7. The van der Waals surface area contributed by atoms with Crippen molar-refractivity contribution in [3.63, 3.8) is 0 Å². The minimum Gasteiger partial charge on any atom is -0.478 e. The van der Waals surface area contributed by atoms with E-state index in [0.29, 0.717) is 16.7 Å². The van der Waals surface area contributed by atoms with E-state index < -0.39 is 5.97 Å². The van der Waals surface area contributed by atoms with Crippen molar-refractivity contribution in [3.8, 4) is 0 Å². The maximum absolute atomic E-state index is 10.8. The zero-order valence-electron chi connectivity index (χ0n) is 14.7. The Morgan fingerprint density at radius 1 is 1.36 bits per heavy atom. The van der Waals surface area contributed by atoms with Gasteiger partial charge in [0.05, 0.1) is 0 Å². The molecule has 0 bridgehead atoms. The van der Waals surface area contributed by atoms with E-state index in [-0.39, 0.29) is 0 Å². The highest BCUT2D eigenvalue weighted by atomic mass is 16.4. The van der Waals surface area contributed by atoms with Crippen molar-refractivity contribution < 1.29 is 9.90 Å². The van der Waals surface area contributed by atoms with Crippen LogP contribution in [0.3, 0.4) is 0 Å². The van der Waals surface area contributed by atoms with Crippen molar-refractivity contribution in [2.24, 2.45) is 22.7 Å². The molecule has 2 saturated carbocycles. The molecule has 1 N–H and O–H groups in total. The van der Waals surface area contributed by atoms with Crippen molar-refractivity contribution in [1.29, 1.82) is 0 Å². The van der Waals surface area contributed by atoms with Crippen molar-refractivity contribution in [3.05, 3.63) is 23.8 Å². The molecule has 0 radical (unpaired) electrons. The Labute approximate surface area is 135 Å². The van der Waals surface area contributed by atoms with Gasteiger partial charge in [-0.1, -0.05) is 44.9 Å². The molecule has 0 aromatic rings. The fourth-order valence-corrected chi connectivity index (χ4v) is 5.46. The maximum Gasteiger partial charge on any atom is 0.328 e. The number of rotatable bonds is 4. The third kappa shape index (κ3) is 3.31. The Balaban J connectivity index is 2.17. The molecule has 2 rings (SSSR count). The highest BCUT2D eigenvalue weighted by molar-refractivity contribution is 5.80. The number of fused-ring (bicyclic) bond motifs is 1. The lowest BCUT2D eigenvalue weighted by atomic mass is 9.47. The molecule has 0 heterocycles. The minimum atomic E-state index is -0.831. The van der Waals surface area contributed by atoms with Crippen LogP contribution in [-0.4, -0.2) is 11.1 Å². The first-order chi connectivity index (χ1) is 10.2. The predicted molar refractivity (Wildman–Crippen MR) is 91.7 cm³/mol. The summed E-state index contributed by atoms with van der Waals surface area (Å²) < 4.78 is 0. The summed E-state index contributed by atoms with van der Waals surface area (Å²) in [6, 6.07) is 0. The van der Waals surface area contributed by atoms with Gasteiger partial charge in [-0.05, 0) is 68.1 Å². The lowest BCUT2D eigenvalue weighted by Crippen LogP contribution is -2.49. The highest BCUT2D eigenvalue weighted by Gasteiger charge is 2.52. The molecule has 0 aromatic carbocycles. The molecule has 0 spiro atoms. The van der Waals surface area contributed by atoms with Crippen LogP contribution in [0.1, 0.15) is 72.6 Å². The van der Waals surface area contributed by atoms with Gasteiger partial charge < -0.3 is 5.11 Å². The Bertz CT molecular complexity index is 486. The lowest BCUT2D eigenvalue weighted by molar-refractivity contribution is -0.131. The first kappa shape index (κ1) is 17.3. The van der Waals surface area contributed by atoms with E-state index in [2.05, 4.69) is 27.4 Å². The number of aliphatic carboxylic acids is 1. The van der Waals surface area contributed by atoms with E-state index in [0.717, 1.165) is 30.8 Å². The SMILES string of the molecule is C=C1CC[C@@H]2C(C)(C)CCC[C@]2(C)[C@@H]1CC/C(C)=C\C(=O)O. The summed E-state index contributed by atoms with van der Waals surface area (Å²) in [5.41, 5.74) is 3.15. The molecule has 2 aliphatic rings. The largest absolute Gasteiger partial charge is 0.478 e. The molecule has 124 valence electrons. The van der Waals surface area contributed by atoms with Gasteiger partial charge in [-0.25, -0.2) is 4.79 Å². The monoisotopic (exact) mass is 304 g/mol. The smallest absolute Gasteiger partial charge is 0.328 e. The number of hydrogen-bond acceptors (Lipinski definition) is 1. The lowest BCUT2D eigenvalue weighted by Gasteiger charge is -2.58. The Morgan fingerprint density at radius 3 is 2.68 bits per heavy atom. The summed E-state index contributed by atoms with van der Waals surface area (Å²) in [7, 11) is 0. The third-order valence-electron chi connectivity index (χ3n) is 6.52. The second-order valence-electron chi connectivity index (χ2n) is 8.52. The van der Waals surface area contributed by atoms with Crippen molar-refractivity contribution in [1.82, 2.24) is 0 Å². The predicted octanol–water partition coefficient (Wildman–Crippen LogP) is 5.60. The fourth-order valence-electron chi connectivity index (χ4n) is 5.46. The van der Waals surface area contributed by atoms with Gasteiger partial charge in [-0.3, -0.25) is 0 Å². The number of hydrogen-bond donors (Lipinski definition) is 1. The van der Waals surface area contributed by atoms with Crippen LogP contribution in [0.4, 0.5) is 0 Å². The van der Waals surface area contributed by atoms with E-state index in [1.165, 1.54) is 37.3 Å².